The molecule has 1 N–H and O–H groups in total. The van der Waals surface area contributed by atoms with Gasteiger partial charge in [-0.15, -0.1) is 0 Å². The normalized spacial score (nSPS) is 13.1. The fraction of sp³-hybridized carbons (Fsp3) is 0.333. The van der Waals surface area contributed by atoms with Crippen LogP contribution in [0.5, 0.6) is 11.5 Å². The minimum Gasteiger partial charge on any atom is -0.494 e. The molecule has 1 atom stereocenters. The molecule has 0 spiro atoms. The second-order valence-corrected chi connectivity index (χ2v) is 8.65. The van der Waals surface area contributed by atoms with Crippen molar-refractivity contribution < 1.29 is 13.8 Å². The molecule has 0 radical (unpaired) electrons. The number of hydrogen-bond acceptors (Lipinski definition) is 3. The minimum absolute atomic E-state index is 0.312. The molecule has 0 fully saturated rings. The fourth-order valence-electron chi connectivity index (χ4n) is 2.16. The summed E-state index contributed by atoms with van der Waals surface area (Å²) in [6.07, 6.45) is 3.36. The van der Waals surface area contributed by atoms with E-state index in [1.165, 1.54) is 6.66 Å². The molecule has 136 valence electrons. The number of halogens is 2. The molecule has 0 bridgehead atoms. The maximum absolute atomic E-state index is 12.7. The first-order valence-electron chi connectivity index (χ1n) is 8.13. The standard InChI is InChI=1S/C18H22Cl2NO3P/c1-3-4-5-12-23-16-9-7-15(8-10-16)21-25(2,22)24-18-11-6-14(19)13-17(18)20/h6-11,13H,3-5,12H2,1-2H3,(H,21,22)/t25-/m1/s1. The van der Waals surface area contributed by atoms with Crippen LogP contribution in [0.15, 0.2) is 42.5 Å². The molecule has 0 saturated carbocycles. The summed E-state index contributed by atoms with van der Waals surface area (Å²) >= 11 is 11.9. The van der Waals surface area contributed by atoms with Crippen LogP contribution in [0.2, 0.25) is 10.0 Å². The molecule has 2 rings (SSSR count). The summed E-state index contributed by atoms with van der Waals surface area (Å²) in [4.78, 5) is 0. The molecule has 25 heavy (non-hydrogen) atoms. The summed E-state index contributed by atoms with van der Waals surface area (Å²) in [5.74, 6) is 1.11. The van der Waals surface area contributed by atoms with E-state index in [4.69, 9.17) is 32.5 Å². The van der Waals surface area contributed by atoms with Crippen molar-refractivity contribution in [3.63, 3.8) is 0 Å². The summed E-state index contributed by atoms with van der Waals surface area (Å²) in [5, 5.41) is 3.70. The van der Waals surface area contributed by atoms with Gasteiger partial charge in [-0.2, -0.15) is 0 Å². The third kappa shape index (κ3) is 6.81. The van der Waals surface area contributed by atoms with Crippen LogP contribution < -0.4 is 14.3 Å². The quantitative estimate of drug-likeness (QED) is 0.367. The van der Waals surface area contributed by atoms with Crippen LogP contribution in [0.4, 0.5) is 5.69 Å². The summed E-state index contributed by atoms with van der Waals surface area (Å²) in [7, 11) is -3.14. The van der Waals surface area contributed by atoms with E-state index in [0.717, 1.165) is 25.0 Å². The predicted molar refractivity (Wildman–Crippen MR) is 106 cm³/mol. The number of rotatable bonds is 9. The molecule has 4 nitrogen and oxygen atoms in total. The van der Waals surface area contributed by atoms with Crippen molar-refractivity contribution in [2.75, 3.05) is 18.4 Å². The third-order valence-corrected chi connectivity index (χ3v) is 5.11. The Labute approximate surface area is 158 Å². The molecule has 0 aliphatic heterocycles. The predicted octanol–water partition coefficient (Wildman–Crippen LogP) is 6.88. The van der Waals surface area contributed by atoms with Gasteiger partial charge in [0, 0.05) is 17.4 Å². The van der Waals surface area contributed by atoms with Gasteiger partial charge in [0.1, 0.15) is 11.5 Å². The van der Waals surface area contributed by atoms with E-state index in [0.29, 0.717) is 28.1 Å². The van der Waals surface area contributed by atoms with Crippen LogP contribution >= 0.6 is 30.7 Å². The lowest BCUT2D eigenvalue weighted by Gasteiger charge is -2.18. The molecule has 7 heteroatoms. The molecule has 2 aromatic carbocycles. The van der Waals surface area contributed by atoms with Crippen LogP contribution in [0.25, 0.3) is 0 Å². The Kier molecular flexibility index (Phi) is 7.49. The second kappa shape index (κ2) is 9.38. The fourth-order valence-corrected chi connectivity index (χ4v) is 3.86. The van der Waals surface area contributed by atoms with Crippen LogP contribution in [-0.2, 0) is 4.57 Å². The van der Waals surface area contributed by atoms with Gasteiger partial charge in [0.2, 0.25) is 0 Å². The van der Waals surface area contributed by atoms with Gasteiger partial charge in [-0.1, -0.05) is 43.0 Å². The molecule has 0 aliphatic carbocycles. The van der Waals surface area contributed by atoms with Gasteiger partial charge in [0.25, 0.3) is 0 Å². The molecule has 0 heterocycles. The average molecular weight is 402 g/mol. The zero-order valence-electron chi connectivity index (χ0n) is 14.3. The summed E-state index contributed by atoms with van der Waals surface area (Å²) < 4.78 is 23.9. The second-order valence-electron chi connectivity index (χ2n) is 5.70. The highest BCUT2D eigenvalue weighted by Crippen LogP contribution is 2.45. The Morgan fingerprint density at radius 3 is 2.44 bits per heavy atom. The van der Waals surface area contributed by atoms with Crippen LogP contribution in [0, 0.1) is 0 Å². The van der Waals surface area contributed by atoms with Crippen molar-refractivity contribution in [3.8, 4) is 11.5 Å². The summed E-state index contributed by atoms with van der Waals surface area (Å²) in [6.45, 7) is 4.35. The first-order chi connectivity index (χ1) is 11.9. The topological polar surface area (TPSA) is 47.6 Å². The number of hydrogen-bond donors (Lipinski definition) is 1. The van der Waals surface area contributed by atoms with Gasteiger partial charge in [-0.05, 0) is 48.9 Å². The lowest BCUT2D eigenvalue weighted by atomic mass is 10.2. The molecular weight excluding hydrogens is 380 g/mol. The molecule has 0 amide bonds. The smallest absolute Gasteiger partial charge is 0.338 e. The number of ether oxygens (including phenoxy) is 1. The molecule has 0 aromatic heterocycles. The first kappa shape index (κ1) is 20.0. The third-order valence-electron chi connectivity index (χ3n) is 3.37. The van der Waals surface area contributed by atoms with Gasteiger partial charge in [0.05, 0.1) is 11.6 Å². The van der Waals surface area contributed by atoms with E-state index < -0.39 is 7.52 Å². The van der Waals surface area contributed by atoms with Crippen LogP contribution in [-0.4, -0.2) is 13.3 Å². The van der Waals surface area contributed by atoms with E-state index in [9.17, 15) is 4.57 Å². The van der Waals surface area contributed by atoms with Crippen molar-refractivity contribution in [3.05, 3.63) is 52.5 Å². The van der Waals surface area contributed by atoms with E-state index in [2.05, 4.69) is 12.0 Å². The summed E-state index contributed by atoms with van der Waals surface area (Å²) in [6, 6.07) is 12.1. The zero-order valence-corrected chi connectivity index (χ0v) is 16.7. The Morgan fingerprint density at radius 1 is 1.08 bits per heavy atom. The van der Waals surface area contributed by atoms with Crippen LogP contribution in [0.3, 0.4) is 0 Å². The number of nitrogens with one attached hydrogen (secondary N) is 1. The van der Waals surface area contributed by atoms with Crippen molar-refractivity contribution in [1.82, 2.24) is 0 Å². The maximum Gasteiger partial charge on any atom is 0.338 e. The highest BCUT2D eigenvalue weighted by molar-refractivity contribution is 7.60. The zero-order chi connectivity index (χ0) is 18.3. The van der Waals surface area contributed by atoms with E-state index in [1.54, 1.807) is 30.3 Å². The van der Waals surface area contributed by atoms with Gasteiger partial charge in [-0.3, -0.25) is 4.57 Å². The highest BCUT2D eigenvalue weighted by atomic mass is 35.5. The van der Waals surface area contributed by atoms with Crippen molar-refractivity contribution >= 4 is 36.4 Å². The van der Waals surface area contributed by atoms with Gasteiger partial charge >= 0.3 is 7.52 Å². The number of unbranched alkanes of at least 4 members (excludes halogenated alkanes) is 2. The Bertz CT molecular complexity index is 738. The minimum atomic E-state index is -3.14. The molecular formula is C18H22Cl2NO3P. The van der Waals surface area contributed by atoms with E-state index in [1.807, 2.05) is 12.1 Å². The van der Waals surface area contributed by atoms with Crippen molar-refractivity contribution in [2.24, 2.45) is 0 Å². The number of benzene rings is 2. The summed E-state index contributed by atoms with van der Waals surface area (Å²) in [5.41, 5.74) is 0.678. The molecule has 0 unspecified atom stereocenters. The molecule has 2 aromatic rings. The maximum atomic E-state index is 12.7. The Balaban J connectivity index is 1.94. The van der Waals surface area contributed by atoms with E-state index in [-0.39, 0.29) is 0 Å². The van der Waals surface area contributed by atoms with Crippen LogP contribution in [0.1, 0.15) is 26.2 Å². The molecule has 0 aliphatic rings. The van der Waals surface area contributed by atoms with Crippen molar-refractivity contribution in [2.45, 2.75) is 26.2 Å². The number of anilines is 1. The average Bonchev–Trinajstić information content (AvgIpc) is 2.55. The monoisotopic (exact) mass is 401 g/mol. The lowest BCUT2D eigenvalue weighted by Crippen LogP contribution is -2.03. The Hall–Kier alpha value is -1.35. The molecule has 0 saturated heterocycles. The SMILES string of the molecule is CCCCCOc1ccc(N[P@](C)(=O)Oc2ccc(Cl)cc2Cl)cc1. The largest absolute Gasteiger partial charge is 0.494 e. The van der Waals surface area contributed by atoms with Gasteiger partial charge in [0.15, 0.2) is 0 Å². The lowest BCUT2D eigenvalue weighted by molar-refractivity contribution is 0.306. The van der Waals surface area contributed by atoms with Crippen molar-refractivity contribution in [1.29, 1.82) is 0 Å². The van der Waals surface area contributed by atoms with E-state index >= 15 is 0 Å². The first-order valence-corrected chi connectivity index (χ1v) is 11.0. The van der Waals surface area contributed by atoms with Gasteiger partial charge in [-0.25, -0.2) is 0 Å². The highest BCUT2D eigenvalue weighted by Gasteiger charge is 2.19. The Morgan fingerprint density at radius 2 is 1.80 bits per heavy atom. The van der Waals surface area contributed by atoms with Gasteiger partial charge < -0.3 is 14.3 Å².